The van der Waals surface area contributed by atoms with E-state index in [0.29, 0.717) is 32.0 Å². The number of hydrogen-bond donors (Lipinski definition) is 2. The number of nitrogens with zero attached hydrogens (tertiary/aromatic N) is 1. The van der Waals surface area contributed by atoms with Gasteiger partial charge in [-0.2, -0.15) is 0 Å². The first-order chi connectivity index (χ1) is 12.5. The van der Waals surface area contributed by atoms with Crippen LogP contribution in [-0.2, 0) is 15.0 Å². The molecular weight excluding hydrogens is 350 g/mol. The Kier molecular flexibility index (Phi) is 6.33. The van der Waals surface area contributed by atoms with Crippen LogP contribution >= 0.6 is 11.6 Å². The molecule has 0 atom stereocenters. The van der Waals surface area contributed by atoms with Crippen LogP contribution in [0.1, 0.15) is 50.5 Å². The zero-order chi connectivity index (χ0) is 18.6. The molecule has 2 amide bonds. The Morgan fingerprint density at radius 1 is 1.19 bits per heavy atom. The SMILES string of the molecule is NC[C@]1(c2cccc(Cl)c2)CC[C@H](NCCCN2C(=O)CCC2=O)CC1. The molecule has 0 aromatic heterocycles. The smallest absolute Gasteiger partial charge is 0.229 e. The molecule has 0 unspecified atom stereocenters. The van der Waals surface area contributed by atoms with E-state index in [0.717, 1.165) is 43.7 Å². The molecule has 1 aliphatic heterocycles. The number of benzene rings is 1. The van der Waals surface area contributed by atoms with Crippen LogP contribution in [0.4, 0.5) is 0 Å². The number of amides is 2. The van der Waals surface area contributed by atoms with Gasteiger partial charge >= 0.3 is 0 Å². The fourth-order valence-electron chi connectivity index (χ4n) is 4.22. The molecule has 5 nitrogen and oxygen atoms in total. The van der Waals surface area contributed by atoms with Crippen molar-refractivity contribution in [3.8, 4) is 0 Å². The fourth-order valence-corrected chi connectivity index (χ4v) is 4.41. The van der Waals surface area contributed by atoms with E-state index in [1.54, 1.807) is 0 Å². The second-order valence-electron chi connectivity index (χ2n) is 7.52. The van der Waals surface area contributed by atoms with Gasteiger partial charge in [0.05, 0.1) is 0 Å². The number of likely N-dealkylation sites (tertiary alicyclic amines) is 1. The maximum absolute atomic E-state index is 11.6. The molecule has 0 spiro atoms. The van der Waals surface area contributed by atoms with Gasteiger partial charge in [-0.05, 0) is 56.3 Å². The summed E-state index contributed by atoms with van der Waals surface area (Å²) in [7, 11) is 0. The van der Waals surface area contributed by atoms with Gasteiger partial charge in [0, 0.05) is 42.4 Å². The van der Waals surface area contributed by atoms with Gasteiger partial charge in [-0.3, -0.25) is 14.5 Å². The molecule has 1 aliphatic carbocycles. The van der Waals surface area contributed by atoms with Crippen LogP contribution < -0.4 is 11.1 Å². The zero-order valence-electron chi connectivity index (χ0n) is 15.2. The third kappa shape index (κ3) is 4.27. The van der Waals surface area contributed by atoms with Gasteiger partial charge in [0.25, 0.3) is 0 Å². The molecule has 3 N–H and O–H groups in total. The summed E-state index contributed by atoms with van der Waals surface area (Å²) in [6.45, 7) is 2.00. The third-order valence-corrected chi connectivity index (χ3v) is 6.15. The largest absolute Gasteiger partial charge is 0.330 e. The number of carbonyl (C=O) groups excluding carboxylic acids is 2. The standard InChI is InChI=1S/C20H28ClN3O2/c21-16-4-1-3-15(13-16)20(14-22)9-7-17(8-10-20)23-11-2-12-24-18(25)5-6-19(24)26/h1,3-4,13,17,23H,2,5-12,14,22H2/t17-,20-. The van der Waals surface area contributed by atoms with Gasteiger partial charge in [-0.15, -0.1) is 0 Å². The predicted molar refractivity (Wildman–Crippen MR) is 103 cm³/mol. The monoisotopic (exact) mass is 377 g/mol. The average Bonchev–Trinajstić information content (AvgIpc) is 2.97. The molecule has 26 heavy (non-hydrogen) atoms. The molecule has 1 aromatic rings. The Morgan fingerprint density at radius 3 is 2.50 bits per heavy atom. The predicted octanol–water partition coefficient (Wildman–Crippen LogP) is 2.61. The lowest BCUT2D eigenvalue weighted by atomic mass is 9.68. The molecule has 1 aromatic carbocycles. The molecule has 6 heteroatoms. The van der Waals surface area contributed by atoms with Crippen LogP contribution in [0.25, 0.3) is 0 Å². The highest BCUT2D eigenvalue weighted by molar-refractivity contribution is 6.30. The third-order valence-electron chi connectivity index (χ3n) is 5.92. The van der Waals surface area contributed by atoms with E-state index in [1.807, 2.05) is 18.2 Å². The second-order valence-corrected chi connectivity index (χ2v) is 7.95. The topological polar surface area (TPSA) is 75.4 Å². The minimum Gasteiger partial charge on any atom is -0.330 e. The Balaban J connectivity index is 1.44. The van der Waals surface area contributed by atoms with E-state index >= 15 is 0 Å². The van der Waals surface area contributed by atoms with E-state index in [1.165, 1.54) is 10.5 Å². The van der Waals surface area contributed by atoms with Crippen molar-refractivity contribution in [1.29, 1.82) is 0 Å². The van der Waals surface area contributed by atoms with Gasteiger partial charge in [0.2, 0.25) is 11.8 Å². The number of hydrogen-bond acceptors (Lipinski definition) is 4. The average molecular weight is 378 g/mol. The highest BCUT2D eigenvalue weighted by Crippen LogP contribution is 2.39. The van der Waals surface area contributed by atoms with Gasteiger partial charge in [0.1, 0.15) is 0 Å². The summed E-state index contributed by atoms with van der Waals surface area (Å²) in [6, 6.07) is 8.56. The van der Waals surface area contributed by atoms with Crippen LogP contribution in [-0.4, -0.2) is 42.4 Å². The molecule has 1 saturated heterocycles. The molecule has 3 rings (SSSR count). The van der Waals surface area contributed by atoms with Gasteiger partial charge in [-0.1, -0.05) is 23.7 Å². The summed E-state index contributed by atoms with van der Waals surface area (Å²) in [6.07, 6.45) is 5.80. The number of halogens is 1. The van der Waals surface area contributed by atoms with E-state index in [4.69, 9.17) is 17.3 Å². The Bertz CT molecular complexity index is 640. The van der Waals surface area contributed by atoms with Crippen molar-refractivity contribution in [2.45, 2.75) is 56.4 Å². The Morgan fingerprint density at radius 2 is 1.88 bits per heavy atom. The summed E-state index contributed by atoms with van der Waals surface area (Å²) < 4.78 is 0. The van der Waals surface area contributed by atoms with Crippen LogP contribution in [0.15, 0.2) is 24.3 Å². The van der Waals surface area contributed by atoms with Crippen molar-refractivity contribution in [3.05, 3.63) is 34.9 Å². The zero-order valence-corrected chi connectivity index (χ0v) is 15.9. The molecule has 0 radical (unpaired) electrons. The molecule has 2 aliphatic rings. The fraction of sp³-hybridized carbons (Fsp3) is 0.600. The van der Waals surface area contributed by atoms with Gasteiger partial charge in [0.15, 0.2) is 0 Å². The van der Waals surface area contributed by atoms with Crippen molar-refractivity contribution in [2.75, 3.05) is 19.6 Å². The number of nitrogens with one attached hydrogen (secondary N) is 1. The highest BCUT2D eigenvalue weighted by atomic mass is 35.5. The van der Waals surface area contributed by atoms with Crippen molar-refractivity contribution >= 4 is 23.4 Å². The minimum atomic E-state index is -0.0260. The van der Waals surface area contributed by atoms with E-state index in [9.17, 15) is 9.59 Å². The summed E-state index contributed by atoms with van der Waals surface area (Å²) >= 11 is 6.17. The molecule has 1 heterocycles. The Labute approximate surface area is 160 Å². The van der Waals surface area contributed by atoms with Gasteiger partial charge < -0.3 is 11.1 Å². The summed E-state index contributed by atoms with van der Waals surface area (Å²) in [5.74, 6) is -0.0520. The van der Waals surface area contributed by atoms with Crippen molar-refractivity contribution < 1.29 is 9.59 Å². The lowest BCUT2D eigenvalue weighted by molar-refractivity contribution is -0.138. The first-order valence-electron chi connectivity index (χ1n) is 9.57. The van der Waals surface area contributed by atoms with Crippen LogP contribution in [0.2, 0.25) is 5.02 Å². The van der Waals surface area contributed by atoms with Crippen LogP contribution in [0.5, 0.6) is 0 Å². The quantitative estimate of drug-likeness (QED) is 0.565. The first-order valence-corrected chi connectivity index (χ1v) is 9.94. The van der Waals surface area contributed by atoms with Crippen molar-refractivity contribution in [1.82, 2.24) is 10.2 Å². The van der Waals surface area contributed by atoms with E-state index < -0.39 is 0 Å². The summed E-state index contributed by atoms with van der Waals surface area (Å²) in [4.78, 5) is 24.6. The maximum Gasteiger partial charge on any atom is 0.229 e. The van der Waals surface area contributed by atoms with Crippen LogP contribution in [0, 0.1) is 0 Å². The van der Waals surface area contributed by atoms with E-state index in [-0.39, 0.29) is 17.2 Å². The molecule has 1 saturated carbocycles. The molecule has 0 bridgehead atoms. The normalized spacial score (nSPS) is 26.5. The first kappa shape index (κ1) is 19.3. The van der Waals surface area contributed by atoms with Crippen LogP contribution in [0.3, 0.4) is 0 Å². The Hall–Kier alpha value is -1.43. The number of nitrogens with two attached hydrogens (primary N) is 1. The number of carbonyl (C=O) groups is 2. The second kappa shape index (κ2) is 8.51. The number of rotatable bonds is 7. The minimum absolute atomic E-state index is 0.0253. The highest BCUT2D eigenvalue weighted by Gasteiger charge is 2.35. The molecule has 142 valence electrons. The summed E-state index contributed by atoms with van der Waals surface area (Å²) in [5.41, 5.74) is 7.42. The summed E-state index contributed by atoms with van der Waals surface area (Å²) in [5, 5.41) is 4.35. The lowest BCUT2D eigenvalue weighted by Gasteiger charge is -2.40. The lowest BCUT2D eigenvalue weighted by Crippen LogP contribution is -2.44. The maximum atomic E-state index is 11.6. The number of imide groups is 1. The molecule has 2 fully saturated rings. The van der Waals surface area contributed by atoms with Gasteiger partial charge in [-0.25, -0.2) is 0 Å². The van der Waals surface area contributed by atoms with Crippen molar-refractivity contribution in [2.24, 2.45) is 5.73 Å². The van der Waals surface area contributed by atoms with E-state index in [2.05, 4.69) is 11.4 Å². The van der Waals surface area contributed by atoms with Crippen molar-refractivity contribution in [3.63, 3.8) is 0 Å². The molecular formula is C20H28ClN3O2.